The highest BCUT2D eigenvalue weighted by atomic mass is 16.5. The molecule has 1 rings (SSSR count). The molecule has 1 aromatic rings. The number of Topliss-reactive ketones (excluding diaryl/α,β-unsaturated/α-hetero) is 2. The minimum absolute atomic E-state index is 0.0512. The molecule has 0 unspecified atom stereocenters. The molecule has 0 fully saturated rings. The zero-order valence-corrected chi connectivity index (χ0v) is 7.98. The predicted octanol–water partition coefficient (Wildman–Crippen LogP) is -0.612. The van der Waals surface area contributed by atoms with Crippen LogP contribution in [0.25, 0.3) is 0 Å². The topological polar surface area (TPSA) is 73.6 Å². The van der Waals surface area contributed by atoms with Crippen LogP contribution in [0, 0.1) is 0 Å². The van der Waals surface area contributed by atoms with Crippen molar-refractivity contribution in [1.82, 2.24) is 0 Å². The number of carbonyl (C=O) groups is 3. The lowest BCUT2D eigenvalue weighted by atomic mass is 10.1. The first-order valence-corrected chi connectivity index (χ1v) is 4.04. The van der Waals surface area contributed by atoms with Gasteiger partial charge in [0.05, 0.1) is 13.5 Å². The van der Waals surface area contributed by atoms with Gasteiger partial charge < -0.3 is 9.15 Å². The first-order valence-electron chi connectivity index (χ1n) is 4.04. The Bertz CT molecular complexity index is 406. The van der Waals surface area contributed by atoms with Gasteiger partial charge in [-0.2, -0.15) is 0 Å². The molecule has 6 heteroatoms. The van der Waals surface area contributed by atoms with Gasteiger partial charge in [-0.3, -0.25) is 9.59 Å². The van der Waals surface area contributed by atoms with Crippen LogP contribution in [0.2, 0.25) is 0 Å². The molecule has 1 aromatic heterocycles. The van der Waals surface area contributed by atoms with E-state index in [1.54, 1.807) is 0 Å². The summed E-state index contributed by atoms with van der Waals surface area (Å²) in [6.45, 7) is 0. The Morgan fingerprint density at radius 1 is 1.40 bits per heavy atom. The number of methoxy groups -OCH3 is 1. The predicted molar refractivity (Wildman–Crippen MR) is 50.1 cm³/mol. The molecule has 0 bridgehead atoms. The normalized spacial score (nSPS) is 9.67. The van der Waals surface area contributed by atoms with Gasteiger partial charge in [-0.05, 0) is 12.1 Å². The molecule has 76 valence electrons. The van der Waals surface area contributed by atoms with Crippen molar-refractivity contribution < 1.29 is 23.5 Å². The molecule has 0 N–H and O–H groups in total. The molecule has 5 nitrogen and oxygen atoms in total. The van der Waals surface area contributed by atoms with Gasteiger partial charge >= 0.3 is 5.97 Å². The second-order valence-electron chi connectivity index (χ2n) is 2.72. The van der Waals surface area contributed by atoms with Crippen molar-refractivity contribution in [3.8, 4) is 0 Å². The summed E-state index contributed by atoms with van der Waals surface area (Å²) in [6, 6.07) is 2.72. The average molecular weight is 206 g/mol. The van der Waals surface area contributed by atoms with Crippen LogP contribution in [-0.2, 0) is 14.3 Å². The summed E-state index contributed by atoms with van der Waals surface area (Å²) in [6.07, 6.45) is -0.584. The monoisotopic (exact) mass is 206 g/mol. The van der Waals surface area contributed by atoms with E-state index in [1.165, 1.54) is 12.1 Å². The van der Waals surface area contributed by atoms with Crippen LogP contribution in [0.4, 0.5) is 0 Å². The Labute approximate surface area is 86.8 Å². The Hall–Kier alpha value is -1.85. The third kappa shape index (κ3) is 2.80. The summed E-state index contributed by atoms with van der Waals surface area (Å²) >= 11 is 0. The first-order chi connectivity index (χ1) is 7.04. The molecule has 0 spiro atoms. The van der Waals surface area contributed by atoms with Gasteiger partial charge in [0.1, 0.15) is 0 Å². The summed E-state index contributed by atoms with van der Waals surface area (Å²) in [4.78, 5) is 33.0. The highest BCUT2D eigenvalue weighted by molar-refractivity contribution is 6.38. The largest absolute Gasteiger partial charge is 0.470 e. The van der Waals surface area contributed by atoms with Crippen LogP contribution in [0.1, 0.15) is 17.0 Å². The lowest BCUT2D eigenvalue weighted by molar-refractivity contribution is -0.151. The molecule has 0 aliphatic heterocycles. The maximum Gasteiger partial charge on any atom is 0.374 e. The highest BCUT2D eigenvalue weighted by Gasteiger charge is 2.20. The fourth-order valence-electron chi connectivity index (χ4n) is 0.922. The Morgan fingerprint density at radius 2 is 2.07 bits per heavy atom. The van der Waals surface area contributed by atoms with Crippen LogP contribution < -0.4 is 5.66 Å². The minimum Gasteiger partial charge on any atom is -0.470 e. The van der Waals surface area contributed by atoms with Crippen LogP contribution >= 0.6 is 0 Å². The SMILES string of the molecule is [B]c1ccc(C(=O)CC(=O)C(=O)OC)o1. The molecule has 15 heavy (non-hydrogen) atoms. The molecule has 0 saturated carbocycles. The number of esters is 1. The number of hydrogen-bond acceptors (Lipinski definition) is 5. The molecule has 0 saturated heterocycles. The van der Waals surface area contributed by atoms with Gasteiger partial charge in [-0.25, -0.2) is 4.79 Å². The standard InChI is InChI=1S/C9H7BO5/c1-14-9(13)6(12)4-5(11)7-2-3-8(10)15-7/h2-3H,4H2,1H3. The average Bonchev–Trinajstić information content (AvgIpc) is 2.63. The van der Waals surface area contributed by atoms with Gasteiger partial charge in [-0.1, -0.05) is 0 Å². The molecular formula is C9H7BO5. The smallest absolute Gasteiger partial charge is 0.374 e. The number of ketones is 2. The van der Waals surface area contributed by atoms with E-state index >= 15 is 0 Å². The molecule has 0 amide bonds. The molecule has 0 aliphatic rings. The maximum absolute atomic E-state index is 11.3. The number of hydrogen-bond donors (Lipinski definition) is 0. The molecule has 0 aliphatic carbocycles. The lowest BCUT2D eigenvalue weighted by Gasteiger charge is -1.96. The van der Waals surface area contributed by atoms with Crippen LogP contribution in [0.3, 0.4) is 0 Å². The number of ether oxygens (including phenoxy) is 1. The summed E-state index contributed by atoms with van der Waals surface area (Å²) in [7, 11) is 6.30. The van der Waals surface area contributed by atoms with Gasteiger partial charge in [0.2, 0.25) is 11.6 Å². The Balaban J connectivity index is 2.64. The van der Waals surface area contributed by atoms with E-state index < -0.39 is 24.0 Å². The van der Waals surface area contributed by atoms with Gasteiger partial charge in [0.25, 0.3) is 0 Å². The fourth-order valence-corrected chi connectivity index (χ4v) is 0.922. The van der Waals surface area contributed by atoms with E-state index in [0.717, 1.165) is 7.11 Å². The van der Waals surface area contributed by atoms with Crippen molar-refractivity contribution in [2.45, 2.75) is 6.42 Å². The summed E-state index contributed by atoms with van der Waals surface area (Å²) in [5.41, 5.74) is 0.0730. The second kappa shape index (κ2) is 4.59. The van der Waals surface area contributed by atoms with Crippen molar-refractivity contribution >= 4 is 31.0 Å². The van der Waals surface area contributed by atoms with Crippen LogP contribution in [0.5, 0.6) is 0 Å². The number of furan rings is 1. The fraction of sp³-hybridized carbons (Fsp3) is 0.222. The molecule has 0 aromatic carbocycles. The van der Waals surface area contributed by atoms with E-state index in [-0.39, 0.29) is 11.4 Å². The molecule has 2 radical (unpaired) electrons. The summed E-state index contributed by atoms with van der Waals surface area (Å²) in [5.74, 6) is -2.63. The van der Waals surface area contributed by atoms with E-state index in [2.05, 4.69) is 4.74 Å². The third-order valence-electron chi connectivity index (χ3n) is 1.64. The third-order valence-corrected chi connectivity index (χ3v) is 1.64. The van der Waals surface area contributed by atoms with Gasteiger partial charge in [0.15, 0.2) is 13.6 Å². The van der Waals surface area contributed by atoms with Crippen molar-refractivity contribution in [2.75, 3.05) is 7.11 Å². The van der Waals surface area contributed by atoms with Crippen LogP contribution in [-0.4, -0.2) is 32.5 Å². The zero-order valence-electron chi connectivity index (χ0n) is 7.98. The lowest BCUT2D eigenvalue weighted by Crippen LogP contribution is -2.19. The molecule has 1 heterocycles. The van der Waals surface area contributed by atoms with Crippen molar-refractivity contribution in [1.29, 1.82) is 0 Å². The van der Waals surface area contributed by atoms with Crippen molar-refractivity contribution in [3.05, 3.63) is 17.9 Å². The molecular weight excluding hydrogens is 199 g/mol. The van der Waals surface area contributed by atoms with E-state index in [4.69, 9.17) is 12.3 Å². The number of rotatable bonds is 4. The quantitative estimate of drug-likeness (QED) is 0.216. The minimum atomic E-state index is -1.05. The highest BCUT2D eigenvalue weighted by Crippen LogP contribution is 2.03. The Kier molecular flexibility index (Phi) is 3.44. The van der Waals surface area contributed by atoms with Crippen molar-refractivity contribution in [2.24, 2.45) is 0 Å². The maximum atomic E-state index is 11.3. The Morgan fingerprint density at radius 3 is 2.53 bits per heavy atom. The van der Waals surface area contributed by atoms with E-state index in [1.807, 2.05) is 0 Å². The molecule has 0 atom stereocenters. The second-order valence-corrected chi connectivity index (χ2v) is 2.72. The van der Waals surface area contributed by atoms with Crippen LogP contribution in [0.15, 0.2) is 16.5 Å². The summed E-state index contributed by atoms with van der Waals surface area (Å²) in [5, 5.41) is 0. The number of carbonyl (C=O) groups excluding carboxylic acids is 3. The summed E-state index contributed by atoms with van der Waals surface area (Å²) < 4.78 is 8.94. The van der Waals surface area contributed by atoms with E-state index in [0.29, 0.717) is 0 Å². The first kappa shape index (κ1) is 11.2. The van der Waals surface area contributed by atoms with Gasteiger partial charge in [-0.15, -0.1) is 0 Å². The van der Waals surface area contributed by atoms with E-state index in [9.17, 15) is 14.4 Å². The van der Waals surface area contributed by atoms with Crippen molar-refractivity contribution in [3.63, 3.8) is 0 Å². The van der Waals surface area contributed by atoms with Gasteiger partial charge in [0, 0.05) is 5.66 Å². The zero-order chi connectivity index (χ0) is 11.4.